The average molecular weight is 207 g/mol. The van der Waals surface area contributed by atoms with E-state index < -0.39 is 0 Å². The van der Waals surface area contributed by atoms with E-state index in [-0.39, 0.29) is 6.10 Å². The molecule has 0 radical (unpaired) electrons. The van der Waals surface area contributed by atoms with Gasteiger partial charge in [0.05, 0.1) is 6.10 Å². The Balaban J connectivity index is 2.07. The van der Waals surface area contributed by atoms with Gasteiger partial charge in [-0.05, 0) is 18.9 Å². The predicted molar refractivity (Wildman–Crippen MR) is 58.7 cm³/mol. The van der Waals surface area contributed by atoms with Gasteiger partial charge in [0.25, 0.3) is 0 Å². The molecule has 1 aliphatic rings. The molecule has 1 atom stereocenters. The number of phenols is 1. The first-order valence-electron chi connectivity index (χ1n) is 5.34. The van der Waals surface area contributed by atoms with Crippen molar-refractivity contribution in [2.75, 3.05) is 13.1 Å². The molecule has 15 heavy (non-hydrogen) atoms. The topological polar surface area (TPSA) is 43.7 Å². The van der Waals surface area contributed by atoms with E-state index in [1.165, 1.54) is 0 Å². The Kier molecular flexibility index (Phi) is 2.93. The van der Waals surface area contributed by atoms with Gasteiger partial charge >= 0.3 is 0 Å². The molecule has 0 bridgehead atoms. The van der Waals surface area contributed by atoms with Gasteiger partial charge in [0, 0.05) is 25.2 Å². The third-order valence-electron chi connectivity index (χ3n) is 2.96. The van der Waals surface area contributed by atoms with Crippen molar-refractivity contribution in [3.05, 3.63) is 29.3 Å². The largest absolute Gasteiger partial charge is 0.507 e. The van der Waals surface area contributed by atoms with Crippen molar-refractivity contribution in [2.24, 2.45) is 0 Å². The predicted octanol–water partition coefficient (Wildman–Crippen LogP) is 1.27. The smallest absolute Gasteiger partial charge is 0.122 e. The van der Waals surface area contributed by atoms with Crippen LogP contribution in [0.2, 0.25) is 0 Å². The van der Waals surface area contributed by atoms with Crippen molar-refractivity contribution in [1.82, 2.24) is 4.90 Å². The molecule has 1 aliphatic heterocycles. The molecule has 0 spiro atoms. The molecular formula is C12H17NO2. The van der Waals surface area contributed by atoms with Gasteiger partial charge < -0.3 is 10.2 Å². The summed E-state index contributed by atoms with van der Waals surface area (Å²) < 4.78 is 0. The van der Waals surface area contributed by atoms with Crippen molar-refractivity contribution < 1.29 is 10.2 Å². The van der Waals surface area contributed by atoms with Crippen molar-refractivity contribution in [3.8, 4) is 5.75 Å². The molecule has 0 saturated carbocycles. The molecule has 3 heteroatoms. The van der Waals surface area contributed by atoms with Crippen LogP contribution in [0.1, 0.15) is 17.5 Å². The van der Waals surface area contributed by atoms with E-state index in [1.807, 2.05) is 25.1 Å². The van der Waals surface area contributed by atoms with Crippen LogP contribution >= 0.6 is 0 Å². The van der Waals surface area contributed by atoms with Crippen molar-refractivity contribution in [1.29, 1.82) is 0 Å². The number of β-amino-alcohol motifs (C(OH)–C–C–N with tert-alkyl or cyclic N) is 1. The van der Waals surface area contributed by atoms with E-state index in [1.54, 1.807) is 0 Å². The number of hydrogen-bond donors (Lipinski definition) is 2. The fourth-order valence-corrected chi connectivity index (χ4v) is 2.04. The lowest BCUT2D eigenvalue weighted by Gasteiger charge is -2.16. The van der Waals surface area contributed by atoms with E-state index in [0.29, 0.717) is 12.3 Å². The van der Waals surface area contributed by atoms with Crippen LogP contribution in [0.4, 0.5) is 0 Å². The minimum atomic E-state index is -0.197. The van der Waals surface area contributed by atoms with E-state index in [2.05, 4.69) is 4.90 Å². The van der Waals surface area contributed by atoms with Crippen molar-refractivity contribution in [3.63, 3.8) is 0 Å². The first-order chi connectivity index (χ1) is 7.16. The molecule has 2 rings (SSSR count). The number of aliphatic hydroxyl groups excluding tert-OH is 1. The fourth-order valence-electron chi connectivity index (χ4n) is 2.04. The normalized spacial score (nSPS) is 22.1. The number of rotatable bonds is 2. The van der Waals surface area contributed by atoms with Gasteiger partial charge in [0.1, 0.15) is 5.75 Å². The number of aryl methyl sites for hydroxylation is 1. The van der Waals surface area contributed by atoms with E-state index in [4.69, 9.17) is 0 Å². The summed E-state index contributed by atoms with van der Waals surface area (Å²) in [6.07, 6.45) is 0.643. The first-order valence-corrected chi connectivity index (χ1v) is 5.34. The quantitative estimate of drug-likeness (QED) is 0.767. The molecular weight excluding hydrogens is 190 g/mol. The summed E-state index contributed by atoms with van der Waals surface area (Å²) in [5.74, 6) is 0.388. The summed E-state index contributed by atoms with van der Waals surface area (Å²) in [6.45, 7) is 4.25. The molecule has 1 saturated heterocycles. The Bertz CT molecular complexity index is 351. The number of para-hydroxylation sites is 1. The molecule has 2 N–H and O–H groups in total. The zero-order valence-electron chi connectivity index (χ0n) is 8.98. The second kappa shape index (κ2) is 4.21. The minimum absolute atomic E-state index is 0.197. The van der Waals surface area contributed by atoms with Crippen LogP contribution in [0.15, 0.2) is 18.2 Å². The summed E-state index contributed by atoms with van der Waals surface area (Å²) in [5, 5.41) is 19.2. The molecule has 82 valence electrons. The van der Waals surface area contributed by atoms with Crippen LogP contribution in [-0.4, -0.2) is 34.3 Å². The number of benzene rings is 1. The third-order valence-corrected chi connectivity index (χ3v) is 2.96. The molecule has 1 aromatic rings. The average Bonchev–Trinajstić information content (AvgIpc) is 2.59. The second-order valence-electron chi connectivity index (χ2n) is 4.26. The Labute approximate surface area is 90.0 Å². The molecule has 1 heterocycles. The van der Waals surface area contributed by atoms with Gasteiger partial charge in [-0.15, -0.1) is 0 Å². The highest BCUT2D eigenvalue weighted by Crippen LogP contribution is 2.24. The number of nitrogens with zero attached hydrogens (tertiary/aromatic N) is 1. The van der Waals surface area contributed by atoms with Crippen LogP contribution in [0, 0.1) is 6.92 Å². The Morgan fingerprint density at radius 1 is 1.47 bits per heavy atom. The molecule has 0 aliphatic carbocycles. The highest BCUT2D eigenvalue weighted by molar-refractivity contribution is 5.39. The molecule has 1 fully saturated rings. The Hall–Kier alpha value is -1.06. The SMILES string of the molecule is Cc1cccc(CN2CC[C@@H](O)C2)c1O. The molecule has 1 aromatic carbocycles. The maximum absolute atomic E-state index is 9.83. The van der Waals surface area contributed by atoms with E-state index in [9.17, 15) is 10.2 Å². The number of aromatic hydroxyl groups is 1. The molecule has 0 aromatic heterocycles. The minimum Gasteiger partial charge on any atom is -0.507 e. The number of hydrogen-bond acceptors (Lipinski definition) is 3. The van der Waals surface area contributed by atoms with Gasteiger partial charge in [-0.3, -0.25) is 4.90 Å². The van der Waals surface area contributed by atoms with Crippen LogP contribution in [-0.2, 0) is 6.54 Å². The van der Waals surface area contributed by atoms with Crippen LogP contribution in [0.25, 0.3) is 0 Å². The highest BCUT2D eigenvalue weighted by Gasteiger charge is 2.20. The van der Waals surface area contributed by atoms with E-state index in [0.717, 1.165) is 30.6 Å². The lowest BCUT2D eigenvalue weighted by atomic mass is 10.1. The van der Waals surface area contributed by atoms with Gasteiger partial charge in [-0.1, -0.05) is 18.2 Å². The maximum Gasteiger partial charge on any atom is 0.122 e. The number of phenolic OH excluding ortho intramolecular Hbond substituents is 1. The Morgan fingerprint density at radius 3 is 2.93 bits per heavy atom. The zero-order valence-corrected chi connectivity index (χ0v) is 8.98. The summed E-state index contributed by atoms with van der Waals surface area (Å²) in [5.41, 5.74) is 1.86. The maximum atomic E-state index is 9.83. The second-order valence-corrected chi connectivity index (χ2v) is 4.26. The monoisotopic (exact) mass is 207 g/mol. The van der Waals surface area contributed by atoms with E-state index >= 15 is 0 Å². The number of likely N-dealkylation sites (tertiary alicyclic amines) is 1. The standard InChI is InChI=1S/C12H17NO2/c1-9-3-2-4-10(12(9)15)7-13-6-5-11(14)8-13/h2-4,11,14-15H,5-8H2,1H3/t11-/m1/s1. The fraction of sp³-hybridized carbons (Fsp3) is 0.500. The summed E-state index contributed by atoms with van der Waals surface area (Å²) in [4.78, 5) is 2.17. The zero-order chi connectivity index (χ0) is 10.8. The van der Waals surface area contributed by atoms with Crippen molar-refractivity contribution in [2.45, 2.75) is 26.0 Å². The van der Waals surface area contributed by atoms with Crippen LogP contribution in [0.5, 0.6) is 5.75 Å². The summed E-state index contributed by atoms with van der Waals surface area (Å²) in [7, 11) is 0. The summed E-state index contributed by atoms with van der Waals surface area (Å²) >= 11 is 0. The summed E-state index contributed by atoms with van der Waals surface area (Å²) in [6, 6.07) is 5.79. The van der Waals surface area contributed by atoms with Gasteiger partial charge in [0.15, 0.2) is 0 Å². The molecule has 3 nitrogen and oxygen atoms in total. The van der Waals surface area contributed by atoms with Gasteiger partial charge in [-0.2, -0.15) is 0 Å². The van der Waals surface area contributed by atoms with Gasteiger partial charge in [0.2, 0.25) is 0 Å². The van der Waals surface area contributed by atoms with Crippen LogP contribution in [0.3, 0.4) is 0 Å². The highest BCUT2D eigenvalue weighted by atomic mass is 16.3. The lowest BCUT2D eigenvalue weighted by Crippen LogP contribution is -2.21. The molecule has 0 amide bonds. The number of aliphatic hydroxyl groups is 1. The third kappa shape index (κ3) is 2.30. The first kappa shape index (κ1) is 10.5. The van der Waals surface area contributed by atoms with Gasteiger partial charge in [-0.25, -0.2) is 0 Å². The lowest BCUT2D eigenvalue weighted by molar-refractivity contribution is 0.174. The molecule has 0 unspecified atom stereocenters. The van der Waals surface area contributed by atoms with Crippen LogP contribution < -0.4 is 0 Å². The van der Waals surface area contributed by atoms with Crippen molar-refractivity contribution >= 4 is 0 Å². The Morgan fingerprint density at radius 2 is 2.27 bits per heavy atom.